The lowest BCUT2D eigenvalue weighted by molar-refractivity contribution is 0.570. The lowest BCUT2D eigenvalue weighted by Gasteiger charge is -2.12. The van der Waals surface area contributed by atoms with Gasteiger partial charge in [0.2, 0.25) is 0 Å². The minimum Gasteiger partial charge on any atom is -0.318 e. The first-order valence-electron chi connectivity index (χ1n) is 12.2. The van der Waals surface area contributed by atoms with E-state index in [0.29, 0.717) is 49.5 Å². The van der Waals surface area contributed by atoms with E-state index in [1.165, 1.54) is 4.57 Å². The molecule has 0 aliphatic heterocycles. The van der Waals surface area contributed by atoms with Gasteiger partial charge in [-0.2, -0.15) is 0 Å². The minimum absolute atomic E-state index is 0.278. The molecule has 0 spiro atoms. The standard InChI is InChI=1S/C26H28N8O2/c1-4-15-33-25(35)22-24(32(6-3)26(33)36)27-21(5-2)34(22)16-17-11-13-18(14-12-17)19-9-7-8-10-20(19)23-28-30-31-29-23/h7-14H,4-6,15-16H2,1-3H3,(H,28,29,30,31). The van der Waals surface area contributed by atoms with Gasteiger partial charge in [-0.3, -0.25) is 13.9 Å². The number of aromatic nitrogens is 8. The number of rotatable bonds is 8. The Bertz CT molecular complexity index is 1630. The van der Waals surface area contributed by atoms with Gasteiger partial charge in [-0.05, 0) is 40.5 Å². The highest BCUT2D eigenvalue weighted by atomic mass is 16.2. The molecule has 0 fully saturated rings. The molecule has 0 aliphatic carbocycles. The number of nitrogens with zero attached hydrogens (tertiary/aromatic N) is 7. The Kier molecular flexibility index (Phi) is 6.32. The van der Waals surface area contributed by atoms with Gasteiger partial charge in [-0.15, -0.1) is 5.10 Å². The Labute approximate surface area is 207 Å². The van der Waals surface area contributed by atoms with Crippen molar-refractivity contribution in [2.45, 2.75) is 53.2 Å². The molecule has 5 aromatic rings. The van der Waals surface area contributed by atoms with Gasteiger partial charge in [0, 0.05) is 31.6 Å². The molecule has 0 unspecified atom stereocenters. The monoisotopic (exact) mass is 484 g/mol. The van der Waals surface area contributed by atoms with Gasteiger partial charge in [-0.1, -0.05) is 62.4 Å². The van der Waals surface area contributed by atoms with Crippen molar-refractivity contribution >= 4 is 11.2 Å². The predicted octanol–water partition coefficient (Wildman–Crippen LogP) is 3.25. The van der Waals surface area contributed by atoms with E-state index in [-0.39, 0.29) is 11.2 Å². The molecule has 10 nitrogen and oxygen atoms in total. The van der Waals surface area contributed by atoms with Crippen molar-refractivity contribution in [2.24, 2.45) is 0 Å². The first kappa shape index (κ1) is 23.4. The van der Waals surface area contributed by atoms with E-state index in [9.17, 15) is 9.59 Å². The molecule has 10 heteroatoms. The molecule has 0 saturated heterocycles. The normalized spacial score (nSPS) is 11.4. The van der Waals surface area contributed by atoms with Crippen LogP contribution in [0.15, 0.2) is 58.1 Å². The Morgan fingerprint density at radius 2 is 1.64 bits per heavy atom. The Balaban J connectivity index is 1.57. The minimum atomic E-state index is -0.297. The number of tetrazole rings is 1. The highest BCUT2D eigenvalue weighted by Gasteiger charge is 2.20. The summed E-state index contributed by atoms with van der Waals surface area (Å²) in [6.45, 7) is 7.19. The summed E-state index contributed by atoms with van der Waals surface area (Å²) in [6.07, 6.45) is 1.35. The van der Waals surface area contributed by atoms with E-state index in [2.05, 4.69) is 44.9 Å². The number of hydrogen-bond acceptors (Lipinski definition) is 6. The Hall–Kier alpha value is -4.34. The Morgan fingerprint density at radius 3 is 2.28 bits per heavy atom. The molecule has 0 radical (unpaired) electrons. The zero-order chi connectivity index (χ0) is 25.2. The highest BCUT2D eigenvalue weighted by molar-refractivity contribution is 5.80. The molecule has 0 atom stereocenters. The molecule has 184 valence electrons. The zero-order valence-corrected chi connectivity index (χ0v) is 20.6. The summed E-state index contributed by atoms with van der Waals surface area (Å²) in [5, 5.41) is 14.3. The third-order valence-electron chi connectivity index (χ3n) is 6.41. The van der Waals surface area contributed by atoms with Crippen molar-refractivity contribution < 1.29 is 0 Å². The number of aromatic amines is 1. The van der Waals surface area contributed by atoms with E-state index in [0.717, 1.165) is 28.1 Å². The second-order valence-electron chi connectivity index (χ2n) is 8.62. The van der Waals surface area contributed by atoms with Gasteiger partial charge < -0.3 is 4.57 Å². The molecule has 0 bridgehead atoms. The fourth-order valence-electron chi connectivity index (χ4n) is 4.67. The summed E-state index contributed by atoms with van der Waals surface area (Å²) in [4.78, 5) is 31.1. The average Bonchev–Trinajstić information content (AvgIpc) is 3.56. The highest BCUT2D eigenvalue weighted by Crippen LogP contribution is 2.30. The maximum Gasteiger partial charge on any atom is 0.332 e. The van der Waals surface area contributed by atoms with Crippen LogP contribution in [-0.2, 0) is 26.1 Å². The molecule has 0 aliphatic rings. The molecule has 0 amide bonds. The van der Waals surface area contributed by atoms with Crippen molar-refractivity contribution in [3.8, 4) is 22.5 Å². The number of aryl methyl sites for hydroxylation is 2. The van der Waals surface area contributed by atoms with Gasteiger partial charge in [0.1, 0.15) is 5.82 Å². The van der Waals surface area contributed by atoms with E-state index in [1.807, 2.05) is 49.6 Å². The summed E-state index contributed by atoms with van der Waals surface area (Å²) in [5.74, 6) is 1.39. The molecule has 0 saturated carbocycles. The van der Waals surface area contributed by atoms with Crippen molar-refractivity contribution in [3.63, 3.8) is 0 Å². The van der Waals surface area contributed by atoms with Crippen molar-refractivity contribution in [1.29, 1.82) is 0 Å². The molecule has 3 heterocycles. The van der Waals surface area contributed by atoms with Gasteiger partial charge >= 0.3 is 5.69 Å². The van der Waals surface area contributed by atoms with Crippen LogP contribution in [0.4, 0.5) is 0 Å². The van der Waals surface area contributed by atoms with Gasteiger partial charge in [-0.25, -0.2) is 14.9 Å². The van der Waals surface area contributed by atoms with Crippen molar-refractivity contribution in [1.82, 2.24) is 39.3 Å². The van der Waals surface area contributed by atoms with Gasteiger partial charge in [0.25, 0.3) is 5.56 Å². The van der Waals surface area contributed by atoms with E-state index in [1.54, 1.807) is 4.57 Å². The molecule has 2 aromatic carbocycles. The van der Waals surface area contributed by atoms with Crippen molar-refractivity contribution in [2.75, 3.05) is 0 Å². The molecular weight excluding hydrogens is 456 g/mol. The molecule has 1 N–H and O–H groups in total. The maximum absolute atomic E-state index is 13.4. The number of fused-ring (bicyclic) bond motifs is 1. The van der Waals surface area contributed by atoms with Crippen LogP contribution in [-0.4, -0.2) is 39.3 Å². The van der Waals surface area contributed by atoms with Crippen LogP contribution in [0.3, 0.4) is 0 Å². The lowest BCUT2D eigenvalue weighted by Crippen LogP contribution is -2.40. The summed E-state index contributed by atoms with van der Waals surface area (Å²) in [7, 11) is 0. The number of benzene rings is 2. The Morgan fingerprint density at radius 1 is 0.889 bits per heavy atom. The average molecular weight is 485 g/mol. The SMILES string of the molecule is CCCn1c(=O)c2c(nc(CC)n2Cc2ccc(-c3ccccc3-c3nnn[nH]3)cc2)n(CC)c1=O. The maximum atomic E-state index is 13.4. The van der Waals surface area contributed by atoms with Crippen LogP contribution in [0.25, 0.3) is 33.7 Å². The number of hydrogen-bond donors (Lipinski definition) is 1. The predicted molar refractivity (Wildman–Crippen MR) is 138 cm³/mol. The van der Waals surface area contributed by atoms with Crippen LogP contribution >= 0.6 is 0 Å². The van der Waals surface area contributed by atoms with Crippen LogP contribution in [0.1, 0.15) is 38.6 Å². The third-order valence-corrected chi connectivity index (χ3v) is 6.41. The number of imidazole rings is 1. The molecular formula is C26H28N8O2. The largest absolute Gasteiger partial charge is 0.332 e. The summed E-state index contributed by atoms with van der Waals surface area (Å²) in [6, 6.07) is 16.2. The van der Waals surface area contributed by atoms with Crippen LogP contribution in [0.5, 0.6) is 0 Å². The quantitative estimate of drug-likeness (QED) is 0.361. The van der Waals surface area contributed by atoms with E-state index < -0.39 is 0 Å². The topological polar surface area (TPSA) is 116 Å². The second kappa shape index (κ2) is 9.73. The number of nitrogens with one attached hydrogen (secondary N) is 1. The molecule has 36 heavy (non-hydrogen) atoms. The van der Waals surface area contributed by atoms with E-state index >= 15 is 0 Å². The van der Waals surface area contributed by atoms with Gasteiger partial charge in [0.05, 0.1) is 0 Å². The number of H-pyrrole nitrogens is 1. The second-order valence-corrected chi connectivity index (χ2v) is 8.62. The molecule has 5 rings (SSSR count). The summed E-state index contributed by atoms with van der Waals surface area (Å²) >= 11 is 0. The summed E-state index contributed by atoms with van der Waals surface area (Å²) in [5.41, 5.74) is 4.35. The summed E-state index contributed by atoms with van der Waals surface area (Å²) < 4.78 is 4.89. The van der Waals surface area contributed by atoms with Crippen LogP contribution in [0, 0.1) is 0 Å². The fraction of sp³-hybridized carbons (Fsp3) is 0.308. The van der Waals surface area contributed by atoms with Gasteiger partial charge in [0.15, 0.2) is 17.0 Å². The molecule has 3 aromatic heterocycles. The fourth-order valence-corrected chi connectivity index (χ4v) is 4.67. The van der Waals surface area contributed by atoms with Crippen LogP contribution in [0.2, 0.25) is 0 Å². The first-order chi connectivity index (χ1) is 17.6. The smallest absolute Gasteiger partial charge is 0.318 e. The lowest BCUT2D eigenvalue weighted by atomic mass is 9.98. The zero-order valence-electron chi connectivity index (χ0n) is 20.6. The van der Waals surface area contributed by atoms with E-state index in [4.69, 9.17) is 4.98 Å². The third kappa shape index (κ3) is 3.94. The van der Waals surface area contributed by atoms with Crippen LogP contribution < -0.4 is 11.2 Å². The van der Waals surface area contributed by atoms with Crippen molar-refractivity contribution in [3.05, 3.63) is 80.8 Å². The first-order valence-corrected chi connectivity index (χ1v) is 12.2.